The van der Waals surface area contributed by atoms with E-state index in [1.165, 1.54) is 12.0 Å². The number of carbonyl (C=O) groups is 2. The van der Waals surface area contributed by atoms with E-state index >= 15 is 0 Å². The minimum absolute atomic E-state index is 0.107. The van der Waals surface area contributed by atoms with Gasteiger partial charge < -0.3 is 15.0 Å². The van der Waals surface area contributed by atoms with Crippen molar-refractivity contribution in [2.45, 2.75) is 77.4 Å². The Labute approximate surface area is 212 Å². The summed E-state index contributed by atoms with van der Waals surface area (Å²) in [6.45, 7) is 4.47. The molecule has 0 aromatic heterocycles. The summed E-state index contributed by atoms with van der Waals surface area (Å²) in [4.78, 5) is 27.9. The van der Waals surface area contributed by atoms with Crippen molar-refractivity contribution in [3.05, 3.63) is 63.6 Å². The molecule has 0 heterocycles. The lowest BCUT2D eigenvalue weighted by atomic mass is 9.95. The van der Waals surface area contributed by atoms with E-state index in [0.29, 0.717) is 23.1 Å². The van der Waals surface area contributed by atoms with Crippen molar-refractivity contribution in [3.8, 4) is 5.75 Å². The fourth-order valence-corrected chi connectivity index (χ4v) is 4.64. The van der Waals surface area contributed by atoms with Gasteiger partial charge in [-0.2, -0.15) is 0 Å². The summed E-state index contributed by atoms with van der Waals surface area (Å²) in [5.41, 5.74) is 1.92. The number of benzene rings is 2. The molecule has 1 aliphatic carbocycles. The molecule has 1 atom stereocenters. The van der Waals surface area contributed by atoms with Crippen molar-refractivity contribution in [2.75, 3.05) is 6.61 Å². The first-order valence-corrected chi connectivity index (χ1v) is 12.8. The number of amides is 2. The van der Waals surface area contributed by atoms with Crippen LogP contribution in [0.4, 0.5) is 0 Å². The molecule has 1 unspecified atom stereocenters. The zero-order valence-electron chi connectivity index (χ0n) is 20.0. The maximum absolute atomic E-state index is 13.2. The van der Waals surface area contributed by atoms with Gasteiger partial charge in [0.25, 0.3) is 0 Å². The van der Waals surface area contributed by atoms with E-state index in [0.717, 1.165) is 37.0 Å². The minimum Gasteiger partial charge on any atom is -0.494 e. The highest BCUT2D eigenvalue weighted by Gasteiger charge is 2.28. The molecule has 1 saturated carbocycles. The quantitative estimate of drug-likeness (QED) is 0.384. The van der Waals surface area contributed by atoms with Crippen molar-refractivity contribution in [1.82, 2.24) is 10.2 Å². The summed E-state index contributed by atoms with van der Waals surface area (Å²) in [6.07, 6.45) is 6.28. The largest absolute Gasteiger partial charge is 0.494 e. The molecule has 1 fully saturated rings. The molecule has 2 aromatic carbocycles. The lowest BCUT2D eigenvalue weighted by Gasteiger charge is -2.31. The molecule has 0 aliphatic heterocycles. The molecule has 0 radical (unpaired) electrons. The van der Waals surface area contributed by atoms with Gasteiger partial charge >= 0.3 is 0 Å². The Balaban J connectivity index is 1.63. The highest BCUT2D eigenvalue weighted by atomic mass is 35.5. The molecule has 0 bridgehead atoms. The monoisotopic (exact) mass is 504 g/mol. The van der Waals surface area contributed by atoms with Crippen LogP contribution in [0.25, 0.3) is 0 Å². The Bertz CT molecular complexity index is 959. The third-order valence-electron chi connectivity index (χ3n) is 6.30. The van der Waals surface area contributed by atoms with Gasteiger partial charge in [-0.15, -0.1) is 0 Å². The number of hydrogen-bond donors (Lipinski definition) is 1. The standard InChI is InChI=1S/C27H34Cl2N2O3/c1-19-10-14-24(15-11-19)34-16-6-9-26(32)31(18-21-12-13-22(28)17-25(21)29)20(2)27(33)30-23-7-4-3-5-8-23/h10-15,17,20,23H,3-9,16,18H2,1-2H3,(H,30,33). The van der Waals surface area contributed by atoms with Gasteiger partial charge in [-0.25, -0.2) is 0 Å². The summed E-state index contributed by atoms with van der Waals surface area (Å²) in [5.74, 6) is 0.550. The Morgan fingerprint density at radius 1 is 1.09 bits per heavy atom. The molecule has 184 valence electrons. The van der Waals surface area contributed by atoms with E-state index in [-0.39, 0.29) is 30.8 Å². The Hall–Kier alpha value is -2.24. The van der Waals surface area contributed by atoms with Gasteiger partial charge in [0.2, 0.25) is 11.8 Å². The second kappa shape index (κ2) is 13.0. The highest BCUT2D eigenvalue weighted by molar-refractivity contribution is 6.35. The fourth-order valence-electron chi connectivity index (χ4n) is 4.18. The number of rotatable bonds is 10. The van der Waals surface area contributed by atoms with Crippen molar-refractivity contribution in [1.29, 1.82) is 0 Å². The molecule has 7 heteroatoms. The smallest absolute Gasteiger partial charge is 0.242 e. The minimum atomic E-state index is -0.612. The fraction of sp³-hybridized carbons (Fsp3) is 0.481. The Kier molecular flexibility index (Phi) is 10.1. The van der Waals surface area contributed by atoms with Crippen LogP contribution in [-0.4, -0.2) is 35.4 Å². The number of nitrogens with one attached hydrogen (secondary N) is 1. The molecule has 0 spiro atoms. The molecule has 34 heavy (non-hydrogen) atoms. The number of halogens is 2. The van der Waals surface area contributed by atoms with E-state index < -0.39 is 6.04 Å². The summed E-state index contributed by atoms with van der Waals surface area (Å²) in [7, 11) is 0. The van der Waals surface area contributed by atoms with E-state index in [1.807, 2.05) is 31.2 Å². The molecule has 5 nitrogen and oxygen atoms in total. The third-order valence-corrected chi connectivity index (χ3v) is 6.89. The van der Waals surface area contributed by atoms with Crippen LogP contribution < -0.4 is 10.1 Å². The lowest BCUT2D eigenvalue weighted by molar-refractivity contribution is -0.141. The van der Waals surface area contributed by atoms with Crippen LogP contribution >= 0.6 is 23.2 Å². The van der Waals surface area contributed by atoms with E-state index in [1.54, 1.807) is 30.0 Å². The van der Waals surface area contributed by atoms with Crippen LogP contribution in [0, 0.1) is 6.92 Å². The van der Waals surface area contributed by atoms with Crippen LogP contribution in [0.2, 0.25) is 10.0 Å². The molecule has 2 amide bonds. The van der Waals surface area contributed by atoms with Gasteiger partial charge in [0.05, 0.1) is 6.61 Å². The number of carbonyl (C=O) groups excluding carboxylic acids is 2. The second-order valence-corrected chi connectivity index (χ2v) is 9.89. The summed E-state index contributed by atoms with van der Waals surface area (Å²) in [6, 6.07) is 12.6. The average molecular weight is 505 g/mol. The first-order chi connectivity index (χ1) is 16.3. The first kappa shape index (κ1) is 26.4. The predicted molar refractivity (Wildman–Crippen MR) is 137 cm³/mol. The van der Waals surface area contributed by atoms with Crippen LogP contribution in [0.5, 0.6) is 5.75 Å². The normalized spacial score (nSPS) is 14.9. The van der Waals surface area contributed by atoms with Crippen LogP contribution in [-0.2, 0) is 16.1 Å². The maximum atomic E-state index is 13.2. The second-order valence-electron chi connectivity index (χ2n) is 9.04. The average Bonchev–Trinajstić information content (AvgIpc) is 2.82. The van der Waals surface area contributed by atoms with Gasteiger partial charge in [-0.3, -0.25) is 9.59 Å². The Morgan fingerprint density at radius 2 is 1.79 bits per heavy atom. The van der Waals surface area contributed by atoms with Crippen LogP contribution in [0.15, 0.2) is 42.5 Å². The van der Waals surface area contributed by atoms with E-state index in [9.17, 15) is 9.59 Å². The van der Waals surface area contributed by atoms with E-state index in [2.05, 4.69) is 5.32 Å². The van der Waals surface area contributed by atoms with Crippen molar-refractivity contribution < 1.29 is 14.3 Å². The number of ether oxygens (including phenoxy) is 1. The molecule has 2 aromatic rings. The van der Waals surface area contributed by atoms with Gasteiger partial charge in [-0.05, 0) is 62.9 Å². The summed E-state index contributed by atoms with van der Waals surface area (Å²) < 4.78 is 5.76. The highest BCUT2D eigenvalue weighted by Crippen LogP contribution is 2.24. The zero-order valence-corrected chi connectivity index (χ0v) is 21.5. The number of aryl methyl sites for hydroxylation is 1. The zero-order chi connectivity index (χ0) is 24.5. The van der Waals surface area contributed by atoms with Gasteiger partial charge in [-0.1, -0.05) is 66.2 Å². The van der Waals surface area contributed by atoms with Gasteiger partial charge in [0.1, 0.15) is 11.8 Å². The van der Waals surface area contributed by atoms with Crippen molar-refractivity contribution >= 4 is 35.0 Å². The number of nitrogens with zero attached hydrogens (tertiary/aromatic N) is 1. The molecule has 3 rings (SSSR count). The van der Waals surface area contributed by atoms with Crippen LogP contribution in [0.3, 0.4) is 0 Å². The predicted octanol–water partition coefficient (Wildman–Crippen LogP) is 6.33. The number of hydrogen-bond acceptors (Lipinski definition) is 3. The SMILES string of the molecule is Cc1ccc(OCCCC(=O)N(Cc2ccc(Cl)cc2Cl)C(C)C(=O)NC2CCCCC2)cc1. The Morgan fingerprint density at radius 3 is 2.47 bits per heavy atom. The summed E-state index contributed by atoms with van der Waals surface area (Å²) in [5, 5.41) is 4.16. The molecule has 1 N–H and O–H groups in total. The maximum Gasteiger partial charge on any atom is 0.242 e. The lowest BCUT2D eigenvalue weighted by Crippen LogP contribution is -2.50. The molecular formula is C27H34Cl2N2O3. The molecule has 0 saturated heterocycles. The molecule has 1 aliphatic rings. The van der Waals surface area contributed by atoms with E-state index in [4.69, 9.17) is 27.9 Å². The third kappa shape index (κ3) is 7.92. The summed E-state index contributed by atoms with van der Waals surface area (Å²) >= 11 is 12.4. The van der Waals surface area contributed by atoms with Crippen LogP contribution in [0.1, 0.15) is 63.0 Å². The van der Waals surface area contributed by atoms with Crippen molar-refractivity contribution in [3.63, 3.8) is 0 Å². The molecular weight excluding hydrogens is 471 g/mol. The topological polar surface area (TPSA) is 58.6 Å². The van der Waals surface area contributed by atoms with Gasteiger partial charge in [0.15, 0.2) is 0 Å². The van der Waals surface area contributed by atoms with Crippen molar-refractivity contribution in [2.24, 2.45) is 0 Å². The van der Waals surface area contributed by atoms with Gasteiger partial charge in [0, 0.05) is 29.1 Å². The first-order valence-electron chi connectivity index (χ1n) is 12.1.